The zero-order valence-corrected chi connectivity index (χ0v) is 12.6. The van der Waals surface area contributed by atoms with Crippen LogP contribution in [0.4, 0.5) is 0 Å². The fraction of sp³-hybridized carbons (Fsp3) is 0.500. The maximum atomic E-state index is 12.7. The molecule has 1 unspecified atom stereocenters. The van der Waals surface area contributed by atoms with Gasteiger partial charge in [0.2, 0.25) is 0 Å². The zero-order valence-electron chi connectivity index (χ0n) is 12.6. The summed E-state index contributed by atoms with van der Waals surface area (Å²) in [5, 5.41) is 8.80. The van der Waals surface area contributed by atoms with Crippen LogP contribution in [0.3, 0.4) is 0 Å². The second kappa shape index (κ2) is 6.25. The Morgan fingerprint density at radius 1 is 1.62 bits per heavy atom. The van der Waals surface area contributed by atoms with Crippen LogP contribution in [0, 0.1) is 11.8 Å². The molecule has 1 aliphatic rings. The molecule has 1 aromatic rings. The monoisotopic (exact) mass is 288 g/mol. The molecule has 21 heavy (non-hydrogen) atoms. The molecule has 1 aliphatic heterocycles. The summed E-state index contributed by atoms with van der Waals surface area (Å²) in [5.74, 6) is 5.25. The number of aliphatic hydroxyl groups is 1. The smallest absolute Gasteiger partial charge is 0.255 e. The highest BCUT2D eigenvalue weighted by atomic mass is 16.5. The van der Waals surface area contributed by atoms with Crippen LogP contribution in [-0.2, 0) is 4.74 Å². The molecule has 1 amide bonds. The molecule has 1 saturated heterocycles. The number of hydrogen-bond donors (Lipinski definition) is 1. The number of carbonyl (C=O) groups excluding carboxylic acids is 1. The van der Waals surface area contributed by atoms with Crippen molar-refractivity contribution in [2.24, 2.45) is 0 Å². The van der Waals surface area contributed by atoms with Crippen LogP contribution >= 0.6 is 0 Å². The van der Waals surface area contributed by atoms with Crippen molar-refractivity contribution in [1.82, 2.24) is 9.88 Å². The van der Waals surface area contributed by atoms with Gasteiger partial charge in [-0.05, 0) is 26.8 Å². The highest BCUT2D eigenvalue weighted by Gasteiger charge is 2.34. The molecule has 1 N–H and O–H groups in total. The standard InChI is InChI=1S/C16H20N2O3/c1-12-10-18(11-16(2,3)21-12)15(20)14-6-7-17-9-13(14)5-4-8-19/h6-7,9,12,19H,8,10-11H2,1-3H3. The number of aliphatic hydroxyl groups excluding tert-OH is 1. The predicted octanol–water partition coefficient (Wildman–Crippen LogP) is 1.06. The van der Waals surface area contributed by atoms with Crippen LogP contribution in [0.1, 0.15) is 36.7 Å². The Bertz CT molecular complexity index is 587. The molecule has 2 rings (SSSR count). The molecule has 0 bridgehead atoms. The first-order valence-electron chi connectivity index (χ1n) is 6.94. The third kappa shape index (κ3) is 3.81. The lowest BCUT2D eigenvalue weighted by Gasteiger charge is -2.41. The van der Waals surface area contributed by atoms with Gasteiger partial charge in [-0.15, -0.1) is 0 Å². The molecular weight excluding hydrogens is 268 g/mol. The van der Waals surface area contributed by atoms with Gasteiger partial charge in [0.15, 0.2) is 0 Å². The van der Waals surface area contributed by atoms with E-state index in [1.54, 1.807) is 23.4 Å². The number of aromatic nitrogens is 1. The van der Waals surface area contributed by atoms with Crippen molar-refractivity contribution in [1.29, 1.82) is 0 Å². The van der Waals surface area contributed by atoms with Crippen molar-refractivity contribution in [2.45, 2.75) is 32.5 Å². The first-order valence-corrected chi connectivity index (χ1v) is 6.94. The van der Waals surface area contributed by atoms with E-state index >= 15 is 0 Å². The molecule has 0 saturated carbocycles. The van der Waals surface area contributed by atoms with Crippen molar-refractivity contribution < 1.29 is 14.6 Å². The number of morpholine rings is 1. The molecule has 1 fully saturated rings. The van der Waals surface area contributed by atoms with E-state index in [0.717, 1.165) is 0 Å². The van der Waals surface area contributed by atoms with Crippen molar-refractivity contribution in [3.8, 4) is 11.8 Å². The van der Waals surface area contributed by atoms with Gasteiger partial charge in [-0.1, -0.05) is 11.8 Å². The Kier molecular flexibility index (Phi) is 4.61. The average molecular weight is 288 g/mol. The minimum absolute atomic E-state index is 0.00786. The Labute approximate surface area is 124 Å². The maximum Gasteiger partial charge on any atom is 0.255 e. The molecular formula is C16H20N2O3. The highest BCUT2D eigenvalue weighted by Crippen LogP contribution is 2.22. The molecule has 2 heterocycles. The highest BCUT2D eigenvalue weighted by molar-refractivity contribution is 5.96. The van der Waals surface area contributed by atoms with Crippen molar-refractivity contribution in [3.63, 3.8) is 0 Å². The molecule has 5 heteroatoms. The van der Waals surface area contributed by atoms with Crippen LogP contribution < -0.4 is 0 Å². The predicted molar refractivity (Wildman–Crippen MR) is 78.7 cm³/mol. The summed E-state index contributed by atoms with van der Waals surface area (Å²) < 4.78 is 5.82. The van der Waals surface area contributed by atoms with Crippen LogP contribution in [0.25, 0.3) is 0 Å². The molecule has 0 aromatic carbocycles. The number of carbonyl (C=O) groups is 1. The number of rotatable bonds is 1. The van der Waals surface area contributed by atoms with Gasteiger partial charge in [0.05, 0.1) is 22.8 Å². The summed E-state index contributed by atoms with van der Waals surface area (Å²) in [4.78, 5) is 18.5. The van der Waals surface area contributed by atoms with E-state index in [-0.39, 0.29) is 24.2 Å². The van der Waals surface area contributed by atoms with Crippen LogP contribution in [0.15, 0.2) is 18.5 Å². The number of hydrogen-bond acceptors (Lipinski definition) is 4. The molecule has 1 atom stereocenters. The average Bonchev–Trinajstić information content (AvgIpc) is 2.42. The second-order valence-corrected chi connectivity index (χ2v) is 5.75. The lowest BCUT2D eigenvalue weighted by atomic mass is 10.0. The van der Waals surface area contributed by atoms with Gasteiger partial charge >= 0.3 is 0 Å². The summed E-state index contributed by atoms with van der Waals surface area (Å²) in [5.41, 5.74) is 0.682. The van der Waals surface area contributed by atoms with E-state index in [2.05, 4.69) is 16.8 Å². The second-order valence-electron chi connectivity index (χ2n) is 5.75. The largest absolute Gasteiger partial charge is 0.384 e. The molecule has 0 spiro atoms. The lowest BCUT2D eigenvalue weighted by molar-refractivity contribution is -0.118. The Hall–Kier alpha value is -1.90. The summed E-state index contributed by atoms with van der Waals surface area (Å²) in [6.45, 7) is 6.75. The number of ether oxygens (including phenoxy) is 1. The zero-order chi connectivity index (χ0) is 15.5. The topological polar surface area (TPSA) is 62.7 Å². The van der Waals surface area contributed by atoms with E-state index in [1.165, 1.54) is 0 Å². The summed E-state index contributed by atoms with van der Waals surface area (Å²) in [7, 11) is 0. The van der Waals surface area contributed by atoms with Gasteiger partial charge in [0.1, 0.15) is 6.61 Å². The van der Waals surface area contributed by atoms with E-state index < -0.39 is 0 Å². The first kappa shape index (κ1) is 15.5. The fourth-order valence-electron chi connectivity index (χ4n) is 2.59. The third-order valence-electron chi connectivity index (χ3n) is 3.21. The maximum absolute atomic E-state index is 12.7. The third-order valence-corrected chi connectivity index (χ3v) is 3.21. The Morgan fingerprint density at radius 2 is 2.38 bits per heavy atom. The molecule has 5 nitrogen and oxygen atoms in total. The van der Waals surface area contributed by atoms with Gasteiger partial charge in [0, 0.05) is 25.5 Å². The summed E-state index contributed by atoms with van der Waals surface area (Å²) in [6.07, 6.45) is 3.11. The van der Waals surface area contributed by atoms with E-state index in [1.807, 2.05) is 20.8 Å². The van der Waals surface area contributed by atoms with Crippen molar-refractivity contribution in [2.75, 3.05) is 19.7 Å². The number of amides is 1. The van der Waals surface area contributed by atoms with Crippen LogP contribution in [-0.4, -0.2) is 52.3 Å². The molecule has 1 aromatic heterocycles. The number of pyridine rings is 1. The van der Waals surface area contributed by atoms with Crippen molar-refractivity contribution in [3.05, 3.63) is 29.6 Å². The summed E-state index contributed by atoms with van der Waals surface area (Å²) >= 11 is 0. The van der Waals surface area contributed by atoms with Gasteiger partial charge in [-0.2, -0.15) is 0 Å². The minimum atomic E-state index is -0.364. The fourth-order valence-corrected chi connectivity index (χ4v) is 2.59. The molecule has 0 aliphatic carbocycles. The Morgan fingerprint density at radius 3 is 3.05 bits per heavy atom. The van der Waals surface area contributed by atoms with Crippen molar-refractivity contribution >= 4 is 5.91 Å². The van der Waals surface area contributed by atoms with E-state index in [0.29, 0.717) is 24.2 Å². The van der Waals surface area contributed by atoms with Crippen LogP contribution in [0.5, 0.6) is 0 Å². The van der Waals surface area contributed by atoms with E-state index in [9.17, 15) is 4.79 Å². The quantitative estimate of drug-likeness (QED) is 0.785. The normalized spacial score (nSPS) is 20.6. The molecule has 112 valence electrons. The molecule has 0 radical (unpaired) electrons. The first-order chi connectivity index (χ1) is 9.93. The van der Waals surface area contributed by atoms with Gasteiger partial charge in [0.25, 0.3) is 5.91 Å². The lowest BCUT2D eigenvalue weighted by Crippen LogP contribution is -2.53. The SMILES string of the molecule is CC1CN(C(=O)c2ccncc2C#CCO)CC(C)(C)O1. The minimum Gasteiger partial charge on any atom is -0.384 e. The van der Waals surface area contributed by atoms with E-state index in [4.69, 9.17) is 9.84 Å². The number of nitrogens with zero attached hydrogens (tertiary/aromatic N) is 2. The Balaban J connectivity index is 2.28. The summed E-state index contributed by atoms with van der Waals surface area (Å²) in [6, 6.07) is 1.66. The van der Waals surface area contributed by atoms with Crippen LogP contribution in [0.2, 0.25) is 0 Å². The van der Waals surface area contributed by atoms with Gasteiger partial charge in [-0.3, -0.25) is 9.78 Å². The van der Waals surface area contributed by atoms with Gasteiger partial charge < -0.3 is 14.7 Å². The van der Waals surface area contributed by atoms with Gasteiger partial charge in [-0.25, -0.2) is 0 Å².